The summed E-state index contributed by atoms with van der Waals surface area (Å²) in [5, 5.41) is 0. The van der Waals surface area contributed by atoms with E-state index in [1.165, 1.54) is 44.4 Å². The lowest BCUT2D eigenvalue weighted by molar-refractivity contribution is 0.0970. The Morgan fingerprint density at radius 2 is 1.79 bits per heavy atom. The molecule has 0 fully saturated rings. The zero-order valence-electron chi connectivity index (χ0n) is 18.4. The maximum Gasteiger partial charge on any atom is 0.420 e. The number of rotatable bonds is 8. The number of carbonyl (C=O) groups excluding carboxylic acids is 1. The van der Waals surface area contributed by atoms with Gasteiger partial charge in [0, 0.05) is 25.7 Å². The second kappa shape index (κ2) is 9.24. The second-order valence-corrected chi connectivity index (χ2v) is 9.87. The van der Waals surface area contributed by atoms with Gasteiger partial charge in [-0.15, -0.1) is 0 Å². The number of oxazole rings is 1. The minimum atomic E-state index is -3.73. The molecule has 0 unspecified atom stereocenters. The van der Waals surface area contributed by atoms with Crippen LogP contribution in [0.15, 0.2) is 80.8 Å². The monoisotopic (exact) mass is 484 g/mol. The minimum absolute atomic E-state index is 0.000891. The lowest BCUT2D eigenvalue weighted by atomic mass is 10.1. The molecule has 0 saturated heterocycles. The van der Waals surface area contributed by atoms with E-state index < -0.39 is 33.9 Å². The highest BCUT2D eigenvalue weighted by Crippen LogP contribution is 2.23. The van der Waals surface area contributed by atoms with Crippen LogP contribution in [0.3, 0.4) is 0 Å². The van der Waals surface area contributed by atoms with Crippen LogP contribution in [-0.2, 0) is 23.2 Å². The Morgan fingerprint density at radius 3 is 2.47 bits per heavy atom. The molecule has 1 aromatic heterocycles. The van der Waals surface area contributed by atoms with Gasteiger partial charge >= 0.3 is 5.76 Å². The molecule has 176 valence electrons. The Labute approximate surface area is 194 Å². The fourth-order valence-electron chi connectivity index (χ4n) is 3.33. The SMILES string of the molecule is CN(C)S(=O)(=O)c1ccc2c(c1)oc(=O)n2CC(=O)c1ccc(OCc2ccccc2)c(F)c1. The number of sulfonamides is 1. The largest absolute Gasteiger partial charge is 0.486 e. The third kappa shape index (κ3) is 4.63. The first-order valence-electron chi connectivity index (χ1n) is 10.2. The molecule has 0 bridgehead atoms. The quantitative estimate of drug-likeness (QED) is 0.355. The van der Waals surface area contributed by atoms with Gasteiger partial charge in [0.05, 0.1) is 17.0 Å². The molecule has 0 N–H and O–H groups in total. The summed E-state index contributed by atoms with van der Waals surface area (Å²) in [6, 6.07) is 17.0. The van der Waals surface area contributed by atoms with Crippen LogP contribution in [-0.4, -0.2) is 37.2 Å². The van der Waals surface area contributed by atoms with Crippen molar-refractivity contribution >= 4 is 26.9 Å². The minimum Gasteiger partial charge on any atom is -0.486 e. The van der Waals surface area contributed by atoms with Crippen LogP contribution < -0.4 is 10.5 Å². The smallest absolute Gasteiger partial charge is 0.420 e. The standard InChI is InChI=1S/C24H21FN2O6S/c1-26(2)34(30,31)18-9-10-20-23(13-18)33-24(29)27(20)14-21(28)17-8-11-22(19(25)12-17)32-15-16-6-4-3-5-7-16/h3-13H,14-15H2,1-2H3. The molecule has 0 aliphatic heterocycles. The van der Waals surface area contributed by atoms with Gasteiger partial charge in [0.25, 0.3) is 0 Å². The van der Waals surface area contributed by atoms with Crippen LogP contribution >= 0.6 is 0 Å². The van der Waals surface area contributed by atoms with Gasteiger partial charge in [0.1, 0.15) is 6.61 Å². The van der Waals surface area contributed by atoms with Crippen molar-refractivity contribution in [3.63, 3.8) is 0 Å². The average Bonchev–Trinajstić information content (AvgIpc) is 3.12. The summed E-state index contributed by atoms with van der Waals surface area (Å²) in [4.78, 5) is 25.0. The number of halogens is 1. The zero-order valence-corrected chi connectivity index (χ0v) is 19.2. The first-order chi connectivity index (χ1) is 16.2. The van der Waals surface area contributed by atoms with Crippen molar-refractivity contribution in [2.45, 2.75) is 18.0 Å². The van der Waals surface area contributed by atoms with E-state index >= 15 is 0 Å². The molecule has 0 saturated carbocycles. The number of benzene rings is 3. The van der Waals surface area contributed by atoms with Gasteiger partial charge in [-0.25, -0.2) is 21.9 Å². The van der Waals surface area contributed by atoms with E-state index in [9.17, 15) is 22.4 Å². The fourth-order valence-corrected chi connectivity index (χ4v) is 4.25. The third-order valence-corrected chi connectivity index (χ3v) is 7.02. The molecule has 4 aromatic rings. The number of hydrogen-bond acceptors (Lipinski definition) is 6. The lowest BCUT2D eigenvalue weighted by Crippen LogP contribution is -2.22. The number of ketones is 1. The fraction of sp³-hybridized carbons (Fsp3) is 0.167. The van der Waals surface area contributed by atoms with E-state index in [1.54, 1.807) is 0 Å². The van der Waals surface area contributed by atoms with Crippen molar-refractivity contribution in [3.8, 4) is 5.75 Å². The molecule has 10 heteroatoms. The summed E-state index contributed by atoms with van der Waals surface area (Å²) in [6.45, 7) is -0.234. The molecule has 8 nitrogen and oxygen atoms in total. The highest BCUT2D eigenvalue weighted by atomic mass is 32.2. The van der Waals surface area contributed by atoms with Crippen molar-refractivity contribution in [1.29, 1.82) is 0 Å². The van der Waals surface area contributed by atoms with Gasteiger partial charge in [-0.1, -0.05) is 30.3 Å². The average molecular weight is 485 g/mol. The highest BCUT2D eigenvalue weighted by molar-refractivity contribution is 7.89. The molecule has 34 heavy (non-hydrogen) atoms. The van der Waals surface area contributed by atoms with Gasteiger partial charge < -0.3 is 9.15 Å². The molecule has 3 aromatic carbocycles. The topological polar surface area (TPSA) is 98.8 Å². The molecule has 1 heterocycles. The van der Waals surface area contributed by atoms with Gasteiger partial charge in [-0.2, -0.15) is 0 Å². The van der Waals surface area contributed by atoms with E-state index in [2.05, 4.69) is 0 Å². The predicted molar refractivity (Wildman–Crippen MR) is 123 cm³/mol. The van der Waals surface area contributed by atoms with Crippen LogP contribution in [0.1, 0.15) is 15.9 Å². The second-order valence-electron chi connectivity index (χ2n) is 7.71. The van der Waals surface area contributed by atoms with Crippen molar-refractivity contribution < 1.29 is 26.8 Å². The molecular formula is C24H21FN2O6S. The van der Waals surface area contributed by atoms with E-state index in [-0.39, 0.29) is 33.9 Å². The number of carbonyl (C=O) groups is 1. The predicted octanol–water partition coefficient (Wildman–Crippen LogP) is 3.45. The van der Waals surface area contributed by atoms with Gasteiger partial charge in [-0.3, -0.25) is 9.36 Å². The Balaban J connectivity index is 1.54. The number of aromatic nitrogens is 1. The number of nitrogens with zero attached hydrogens (tertiary/aromatic N) is 2. The summed E-state index contributed by atoms with van der Waals surface area (Å²) in [7, 11) is -0.957. The third-order valence-electron chi connectivity index (χ3n) is 5.21. The normalized spacial score (nSPS) is 11.8. The molecule has 0 radical (unpaired) electrons. The summed E-state index contributed by atoms with van der Waals surface area (Å²) in [5.41, 5.74) is 1.20. The van der Waals surface area contributed by atoms with Crippen LogP contribution in [0.5, 0.6) is 5.75 Å². The number of hydrogen-bond donors (Lipinski definition) is 0. The van der Waals surface area contributed by atoms with E-state index in [1.807, 2.05) is 30.3 Å². The van der Waals surface area contributed by atoms with Crippen molar-refractivity contribution in [3.05, 3.63) is 94.2 Å². The zero-order chi connectivity index (χ0) is 24.5. The highest BCUT2D eigenvalue weighted by Gasteiger charge is 2.21. The maximum atomic E-state index is 14.5. The van der Waals surface area contributed by atoms with E-state index in [0.717, 1.165) is 20.5 Å². The van der Waals surface area contributed by atoms with E-state index in [0.29, 0.717) is 0 Å². The molecule has 0 aliphatic carbocycles. The molecule has 0 amide bonds. The number of fused-ring (bicyclic) bond motifs is 1. The molecule has 4 rings (SSSR count). The maximum absolute atomic E-state index is 14.5. The summed E-state index contributed by atoms with van der Waals surface area (Å²) in [6.07, 6.45) is 0. The lowest BCUT2D eigenvalue weighted by Gasteiger charge is -2.11. The van der Waals surface area contributed by atoms with E-state index in [4.69, 9.17) is 9.15 Å². The Morgan fingerprint density at radius 1 is 1.06 bits per heavy atom. The number of Topliss-reactive ketones (excluding diaryl/α,β-unsaturated/α-hetero) is 1. The Kier molecular flexibility index (Phi) is 6.36. The van der Waals surface area contributed by atoms with Crippen molar-refractivity contribution in [2.75, 3.05) is 14.1 Å². The number of ether oxygens (including phenoxy) is 1. The van der Waals surface area contributed by atoms with Gasteiger partial charge in [0.15, 0.2) is 22.9 Å². The van der Waals surface area contributed by atoms with Crippen LogP contribution in [0.2, 0.25) is 0 Å². The van der Waals surface area contributed by atoms with Crippen LogP contribution in [0.25, 0.3) is 11.1 Å². The Hall–Kier alpha value is -3.76. The first kappa shape index (κ1) is 23.4. The van der Waals surface area contributed by atoms with Crippen LogP contribution in [0.4, 0.5) is 4.39 Å². The van der Waals surface area contributed by atoms with Gasteiger partial charge in [-0.05, 0) is 35.9 Å². The summed E-state index contributed by atoms with van der Waals surface area (Å²) in [5.74, 6) is -2.06. The molecule has 0 spiro atoms. The molecule has 0 atom stereocenters. The Bertz CT molecular complexity index is 1520. The van der Waals surface area contributed by atoms with Crippen LogP contribution in [0, 0.1) is 5.82 Å². The van der Waals surface area contributed by atoms with Gasteiger partial charge in [0.2, 0.25) is 10.0 Å². The summed E-state index contributed by atoms with van der Waals surface area (Å²) < 4.78 is 51.9. The molecular weight excluding hydrogens is 463 g/mol. The van der Waals surface area contributed by atoms with Crippen molar-refractivity contribution in [1.82, 2.24) is 8.87 Å². The van der Waals surface area contributed by atoms with Crippen molar-refractivity contribution in [2.24, 2.45) is 0 Å². The first-order valence-corrected chi connectivity index (χ1v) is 11.7. The summed E-state index contributed by atoms with van der Waals surface area (Å²) >= 11 is 0. The molecule has 0 aliphatic rings.